The highest BCUT2D eigenvalue weighted by molar-refractivity contribution is 7.99. The summed E-state index contributed by atoms with van der Waals surface area (Å²) in [4.78, 5) is 12.4. The molecule has 0 aliphatic carbocycles. The van der Waals surface area contributed by atoms with E-state index in [-0.39, 0.29) is 17.5 Å². The van der Waals surface area contributed by atoms with Crippen LogP contribution in [0.3, 0.4) is 0 Å². The Labute approximate surface area is 193 Å². The van der Waals surface area contributed by atoms with E-state index in [1.165, 1.54) is 36.0 Å². The summed E-state index contributed by atoms with van der Waals surface area (Å²) in [6.45, 7) is 0. The third-order valence-electron chi connectivity index (χ3n) is 4.53. The van der Waals surface area contributed by atoms with E-state index in [2.05, 4.69) is 15.5 Å². The van der Waals surface area contributed by atoms with Crippen LogP contribution in [-0.4, -0.2) is 33.5 Å². The molecule has 4 aromatic rings. The van der Waals surface area contributed by atoms with Gasteiger partial charge in [-0.3, -0.25) is 9.36 Å². The first kappa shape index (κ1) is 21.9. The molecule has 6 nitrogen and oxygen atoms in total. The topological polar surface area (TPSA) is 69.0 Å². The second-order valence-corrected chi connectivity index (χ2v) is 8.07. The number of carbonyl (C=O) groups is 1. The number of nitrogens with zero attached hydrogens (tertiary/aromatic N) is 3. The Kier molecular flexibility index (Phi) is 6.72. The number of anilines is 1. The minimum Gasteiger partial charge on any atom is -0.497 e. The Hall–Kier alpha value is -3.36. The van der Waals surface area contributed by atoms with Gasteiger partial charge in [0.1, 0.15) is 11.6 Å². The van der Waals surface area contributed by atoms with Gasteiger partial charge < -0.3 is 10.1 Å². The summed E-state index contributed by atoms with van der Waals surface area (Å²) in [5.74, 6) is 0.860. The van der Waals surface area contributed by atoms with Crippen LogP contribution in [0.25, 0.3) is 17.1 Å². The Morgan fingerprint density at radius 1 is 1.03 bits per heavy atom. The first-order chi connectivity index (χ1) is 15.5. The van der Waals surface area contributed by atoms with Crippen molar-refractivity contribution < 1.29 is 13.9 Å². The van der Waals surface area contributed by atoms with Crippen molar-refractivity contribution in [2.45, 2.75) is 5.16 Å². The predicted octanol–water partition coefficient (Wildman–Crippen LogP) is 5.47. The molecule has 1 N–H and O–H groups in total. The Morgan fingerprint density at radius 3 is 2.38 bits per heavy atom. The second-order valence-electron chi connectivity index (χ2n) is 6.69. The quantitative estimate of drug-likeness (QED) is 0.364. The van der Waals surface area contributed by atoms with Crippen LogP contribution < -0.4 is 10.1 Å². The monoisotopic (exact) mass is 468 g/mol. The maximum absolute atomic E-state index is 13.1. The lowest BCUT2D eigenvalue weighted by Gasteiger charge is -2.11. The zero-order valence-corrected chi connectivity index (χ0v) is 18.5. The predicted molar refractivity (Wildman–Crippen MR) is 124 cm³/mol. The number of hydrogen-bond donors (Lipinski definition) is 1. The number of amides is 1. The van der Waals surface area contributed by atoms with Gasteiger partial charge in [-0.05, 0) is 72.8 Å². The van der Waals surface area contributed by atoms with Gasteiger partial charge >= 0.3 is 0 Å². The molecule has 0 unspecified atom stereocenters. The maximum atomic E-state index is 13.1. The molecule has 3 aromatic carbocycles. The van der Waals surface area contributed by atoms with Crippen molar-refractivity contribution in [2.24, 2.45) is 0 Å². The molecule has 0 saturated heterocycles. The van der Waals surface area contributed by atoms with Gasteiger partial charge in [0.15, 0.2) is 11.0 Å². The fourth-order valence-electron chi connectivity index (χ4n) is 2.97. The van der Waals surface area contributed by atoms with Crippen molar-refractivity contribution in [2.75, 3.05) is 18.2 Å². The summed E-state index contributed by atoms with van der Waals surface area (Å²) >= 11 is 7.30. The number of methoxy groups -OCH3 is 1. The molecule has 1 heterocycles. The average molecular weight is 469 g/mol. The molecule has 0 fully saturated rings. The number of carbonyl (C=O) groups excluding carboxylic acids is 1. The molecule has 162 valence electrons. The summed E-state index contributed by atoms with van der Waals surface area (Å²) in [6.07, 6.45) is 0. The van der Waals surface area contributed by atoms with Gasteiger partial charge in [-0.15, -0.1) is 10.2 Å². The van der Waals surface area contributed by atoms with Crippen LogP contribution in [0, 0.1) is 5.82 Å². The zero-order valence-electron chi connectivity index (χ0n) is 17.0. The summed E-state index contributed by atoms with van der Waals surface area (Å²) in [5.41, 5.74) is 2.18. The van der Waals surface area contributed by atoms with Crippen molar-refractivity contribution >= 4 is 35.0 Å². The van der Waals surface area contributed by atoms with E-state index in [9.17, 15) is 9.18 Å². The van der Waals surface area contributed by atoms with Crippen LogP contribution in [0.1, 0.15) is 0 Å². The molecule has 0 saturated carbocycles. The molecular weight excluding hydrogens is 451 g/mol. The highest BCUT2D eigenvalue weighted by Crippen LogP contribution is 2.29. The molecule has 0 bridgehead atoms. The van der Waals surface area contributed by atoms with E-state index in [0.29, 0.717) is 21.7 Å². The van der Waals surface area contributed by atoms with Crippen LogP contribution in [0.15, 0.2) is 78.0 Å². The molecule has 0 aliphatic rings. The fourth-order valence-corrected chi connectivity index (χ4v) is 3.85. The number of halogens is 2. The first-order valence-electron chi connectivity index (χ1n) is 9.57. The highest BCUT2D eigenvalue weighted by atomic mass is 35.5. The lowest BCUT2D eigenvalue weighted by molar-refractivity contribution is -0.113. The SMILES string of the molecule is COc1ccc(-c2nnc(SCC(=O)Nc3ccc(F)cc3)n2-c2ccc(Cl)cc2)cc1. The lowest BCUT2D eigenvalue weighted by Crippen LogP contribution is -2.14. The lowest BCUT2D eigenvalue weighted by atomic mass is 10.2. The summed E-state index contributed by atoms with van der Waals surface area (Å²) < 4.78 is 20.2. The number of rotatable bonds is 7. The van der Waals surface area contributed by atoms with E-state index in [1.807, 2.05) is 41.0 Å². The molecule has 1 aromatic heterocycles. The standard InChI is InChI=1S/C23H18ClFN4O2S/c1-31-20-12-2-15(3-13-20)22-27-28-23(29(22)19-10-4-16(24)5-11-19)32-14-21(30)26-18-8-6-17(25)7-9-18/h2-13H,14H2,1H3,(H,26,30). The fraction of sp³-hybridized carbons (Fsp3) is 0.0870. The van der Waals surface area contributed by atoms with E-state index in [1.54, 1.807) is 19.2 Å². The summed E-state index contributed by atoms with van der Waals surface area (Å²) in [5, 5.41) is 12.6. The van der Waals surface area contributed by atoms with Crippen molar-refractivity contribution in [3.8, 4) is 22.8 Å². The number of aromatic nitrogens is 3. The maximum Gasteiger partial charge on any atom is 0.234 e. The summed E-state index contributed by atoms with van der Waals surface area (Å²) in [6, 6.07) is 20.4. The average Bonchev–Trinajstić information content (AvgIpc) is 3.24. The molecule has 9 heteroatoms. The smallest absolute Gasteiger partial charge is 0.234 e. The van der Waals surface area contributed by atoms with E-state index < -0.39 is 0 Å². The van der Waals surface area contributed by atoms with Crippen molar-refractivity contribution in [3.63, 3.8) is 0 Å². The molecule has 0 atom stereocenters. The Morgan fingerprint density at radius 2 is 1.72 bits per heavy atom. The number of benzene rings is 3. The first-order valence-corrected chi connectivity index (χ1v) is 10.9. The van der Waals surface area contributed by atoms with Gasteiger partial charge in [-0.1, -0.05) is 23.4 Å². The molecule has 0 spiro atoms. The summed E-state index contributed by atoms with van der Waals surface area (Å²) in [7, 11) is 1.61. The van der Waals surface area contributed by atoms with Crippen LogP contribution in [0.2, 0.25) is 5.02 Å². The van der Waals surface area contributed by atoms with Gasteiger partial charge in [0.2, 0.25) is 5.91 Å². The third kappa shape index (κ3) is 5.09. The van der Waals surface area contributed by atoms with Gasteiger partial charge in [-0.2, -0.15) is 0 Å². The molecule has 0 aliphatic heterocycles. The van der Waals surface area contributed by atoms with E-state index >= 15 is 0 Å². The minimum atomic E-state index is -0.362. The Balaban J connectivity index is 1.59. The normalized spacial score (nSPS) is 10.7. The van der Waals surface area contributed by atoms with Crippen LogP contribution in [0.5, 0.6) is 5.75 Å². The molecule has 4 rings (SSSR count). The van der Waals surface area contributed by atoms with Crippen LogP contribution in [0.4, 0.5) is 10.1 Å². The van der Waals surface area contributed by atoms with E-state index in [4.69, 9.17) is 16.3 Å². The van der Waals surface area contributed by atoms with Gasteiger partial charge in [0.25, 0.3) is 0 Å². The molecule has 32 heavy (non-hydrogen) atoms. The van der Waals surface area contributed by atoms with Crippen LogP contribution in [-0.2, 0) is 4.79 Å². The zero-order chi connectivity index (χ0) is 22.5. The molecular formula is C23H18ClFN4O2S. The van der Waals surface area contributed by atoms with Crippen LogP contribution >= 0.6 is 23.4 Å². The van der Waals surface area contributed by atoms with Gasteiger partial charge in [0, 0.05) is 22.0 Å². The number of nitrogens with one attached hydrogen (secondary N) is 1. The van der Waals surface area contributed by atoms with Gasteiger partial charge in [0.05, 0.1) is 12.9 Å². The van der Waals surface area contributed by atoms with Crippen molar-refractivity contribution in [1.82, 2.24) is 14.8 Å². The largest absolute Gasteiger partial charge is 0.497 e. The minimum absolute atomic E-state index is 0.103. The third-order valence-corrected chi connectivity index (χ3v) is 5.71. The van der Waals surface area contributed by atoms with Crippen molar-refractivity contribution in [1.29, 1.82) is 0 Å². The Bertz CT molecular complexity index is 1210. The van der Waals surface area contributed by atoms with Crippen molar-refractivity contribution in [3.05, 3.63) is 83.6 Å². The molecule has 1 amide bonds. The number of thioether (sulfide) groups is 1. The number of ether oxygens (including phenoxy) is 1. The highest BCUT2D eigenvalue weighted by Gasteiger charge is 2.17. The van der Waals surface area contributed by atoms with E-state index in [0.717, 1.165) is 17.0 Å². The molecule has 0 radical (unpaired) electrons. The number of hydrogen-bond acceptors (Lipinski definition) is 5. The second kappa shape index (κ2) is 9.84. The van der Waals surface area contributed by atoms with Gasteiger partial charge in [-0.25, -0.2) is 4.39 Å².